The fourth-order valence-electron chi connectivity index (χ4n) is 3.39. The van der Waals surface area contributed by atoms with E-state index in [9.17, 15) is 14.9 Å². The number of benzene rings is 2. The van der Waals surface area contributed by atoms with Gasteiger partial charge in [0.25, 0.3) is 5.69 Å². The summed E-state index contributed by atoms with van der Waals surface area (Å²) in [7, 11) is 0. The predicted molar refractivity (Wildman–Crippen MR) is 115 cm³/mol. The van der Waals surface area contributed by atoms with Gasteiger partial charge in [0.15, 0.2) is 6.79 Å². The zero-order valence-corrected chi connectivity index (χ0v) is 18.4. The molecule has 0 saturated carbocycles. The number of nitro benzene ring substituents is 1. The highest BCUT2D eigenvalue weighted by Crippen LogP contribution is 2.33. The lowest BCUT2D eigenvalue weighted by Gasteiger charge is -2.20. The number of ether oxygens (including phenoxy) is 3. The Bertz CT molecular complexity index is 1210. The Morgan fingerprint density at radius 2 is 2.06 bits per heavy atom. The van der Waals surface area contributed by atoms with Crippen LogP contribution in [0.15, 0.2) is 36.4 Å². The van der Waals surface area contributed by atoms with Crippen LogP contribution in [0.5, 0.6) is 5.75 Å². The van der Waals surface area contributed by atoms with Crippen molar-refractivity contribution in [1.82, 2.24) is 9.78 Å². The van der Waals surface area contributed by atoms with E-state index in [0.29, 0.717) is 27.6 Å². The summed E-state index contributed by atoms with van der Waals surface area (Å²) in [6.07, 6.45) is 0. The molecule has 1 aliphatic heterocycles. The van der Waals surface area contributed by atoms with Crippen LogP contribution < -0.4 is 4.74 Å². The summed E-state index contributed by atoms with van der Waals surface area (Å²) in [5, 5.41) is 16.2. The summed E-state index contributed by atoms with van der Waals surface area (Å²) in [4.78, 5) is 23.5. The van der Waals surface area contributed by atoms with E-state index in [-0.39, 0.29) is 43.0 Å². The first kappa shape index (κ1) is 22.1. The van der Waals surface area contributed by atoms with Crippen molar-refractivity contribution in [2.24, 2.45) is 0 Å². The topological polar surface area (TPSA) is 106 Å². The minimum atomic E-state index is -0.703. The molecule has 32 heavy (non-hydrogen) atoms. The van der Waals surface area contributed by atoms with Gasteiger partial charge in [-0.05, 0) is 18.6 Å². The molecule has 9 nitrogen and oxygen atoms in total. The largest absolute Gasteiger partial charge is 0.467 e. The van der Waals surface area contributed by atoms with Crippen molar-refractivity contribution in [3.63, 3.8) is 0 Å². The van der Waals surface area contributed by atoms with Crippen LogP contribution in [0.3, 0.4) is 0 Å². The van der Waals surface area contributed by atoms with Gasteiger partial charge in [0.05, 0.1) is 23.8 Å². The van der Waals surface area contributed by atoms with E-state index in [1.807, 2.05) is 18.2 Å². The quantitative estimate of drug-likeness (QED) is 0.288. The number of nitro groups is 1. The molecule has 11 heteroatoms. The van der Waals surface area contributed by atoms with Gasteiger partial charge < -0.3 is 14.2 Å². The van der Waals surface area contributed by atoms with E-state index < -0.39 is 10.9 Å². The monoisotopic (exact) mass is 477 g/mol. The Balaban J connectivity index is 1.55. The highest BCUT2D eigenvalue weighted by Gasteiger charge is 2.25. The summed E-state index contributed by atoms with van der Waals surface area (Å²) in [6, 6.07) is 9.93. The Kier molecular flexibility index (Phi) is 6.31. The minimum absolute atomic E-state index is 0.00547. The van der Waals surface area contributed by atoms with Crippen molar-refractivity contribution >= 4 is 34.9 Å². The summed E-state index contributed by atoms with van der Waals surface area (Å²) >= 11 is 12.6. The van der Waals surface area contributed by atoms with Crippen molar-refractivity contribution in [2.45, 2.75) is 26.7 Å². The van der Waals surface area contributed by atoms with Gasteiger partial charge >= 0.3 is 5.97 Å². The van der Waals surface area contributed by atoms with Gasteiger partial charge in [0, 0.05) is 28.3 Å². The molecule has 0 atom stereocenters. The maximum absolute atomic E-state index is 12.8. The average molecular weight is 478 g/mol. The zero-order chi connectivity index (χ0) is 22.8. The number of aryl methyl sites for hydroxylation is 1. The third-order valence-electron chi connectivity index (χ3n) is 4.89. The minimum Gasteiger partial charge on any atom is -0.467 e. The number of rotatable bonds is 6. The molecule has 0 bridgehead atoms. The van der Waals surface area contributed by atoms with Crippen molar-refractivity contribution < 1.29 is 23.9 Å². The van der Waals surface area contributed by atoms with Crippen LogP contribution >= 0.6 is 23.2 Å². The highest BCUT2D eigenvalue weighted by molar-refractivity contribution is 6.33. The van der Waals surface area contributed by atoms with Crippen LogP contribution in [-0.2, 0) is 29.2 Å². The van der Waals surface area contributed by atoms with Crippen LogP contribution in [0.25, 0.3) is 0 Å². The molecule has 166 valence electrons. The third-order valence-corrected chi connectivity index (χ3v) is 5.64. The number of fused-ring (bicyclic) bond motifs is 1. The van der Waals surface area contributed by atoms with Gasteiger partial charge in [-0.15, -0.1) is 0 Å². The molecule has 1 aromatic heterocycles. The number of nitrogens with zero attached hydrogens (tertiary/aromatic N) is 3. The number of hydrogen-bond donors (Lipinski definition) is 0. The number of non-ortho nitro benzene ring substituents is 1. The maximum Gasteiger partial charge on any atom is 0.343 e. The molecule has 0 unspecified atom stereocenters. The molecule has 0 radical (unpaired) electrons. The Labute approximate surface area is 192 Å². The number of carbonyl (C=O) groups excluding carboxylic acids is 1. The molecule has 2 aromatic carbocycles. The summed E-state index contributed by atoms with van der Waals surface area (Å²) < 4.78 is 17.5. The van der Waals surface area contributed by atoms with Gasteiger partial charge in [-0.2, -0.15) is 5.10 Å². The molecule has 0 aliphatic carbocycles. The van der Waals surface area contributed by atoms with Crippen LogP contribution in [0.4, 0.5) is 5.69 Å². The number of hydrogen-bond acceptors (Lipinski definition) is 7. The maximum atomic E-state index is 12.8. The molecule has 1 aliphatic rings. The van der Waals surface area contributed by atoms with E-state index in [1.54, 1.807) is 13.0 Å². The van der Waals surface area contributed by atoms with Crippen LogP contribution in [0, 0.1) is 17.0 Å². The van der Waals surface area contributed by atoms with Crippen LogP contribution in [0.1, 0.15) is 32.7 Å². The van der Waals surface area contributed by atoms with Crippen LogP contribution in [-0.4, -0.2) is 27.5 Å². The molecule has 0 fully saturated rings. The van der Waals surface area contributed by atoms with Crippen molar-refractivity contribution in [2.75, 3.05) is 6.79 Å². The Morgan fingerprint density at radius 3 is 2.81 bits per heavy atom. The number of halogens is 2. The second-order valence-corrected chi connectivity index (χ2v) is 7.80. The van der Waals surface area contributed by atoms with E-state index in [1.165, 1.54) is 16.8 Å². The molecule has 0 N–H and O–H groups in total. The third kappa shape index (κ3) is 4.40. The Morgan fingerprint density at radius 1 is 1.28 bits per heavy atom. The summed E-state index contributed by atoms with van der Waals surface area (Å²) in [5.74, 6) is -0.294. The van der Waals surface area contributed by atoms with Crippen molar-refractivity contribution in [1.29, 1.82) is 0 Å². The lowest BCUT2D eigenvalue weighted by molar-refractivity contribution is -0.385. The molecule has 2 heterocycles. The predicted octanol–water partition coefficient (Wildman–Crippen LogP) is 4.68. The Hall–Kier alpha value is -3.14. The van der Waals surface area contributed by atoms with Crippen molar-refractivity contribution in [3.8, 4) is 5.75 Å². The number of aromatic nitrogens is 2. The SMILES string of the molecule is Cc1nn(Cc2ccccc2Cl)c(Cl)c1C(=O)OCc1cc([N+](=O)[O-])cc2c1OCOC2. The van der Waals surface area contributed by atoms with Crippen LogP contribution in [0.2, 0.25) is 10.2 Å². The number of esters is 1. The zero-order valence-electron chi connectivity index (χ0n) is 16.8. The van der Waals surface area contributed by atoms with E-state index in [0.717, 1.165) is 5.56 Å². The van der Waals surface area contributed by atoms with Gasteiger partial charge in [-0.25, -0.2) is 9.48 Å². The lowest BCUT2D eigenvalue weighted by Crippen LogP contribution is -2.15. The molecule has 4 rings (SSSR count). The highest BCUT2D eigenvalue weighted by atomic mass is 35.5. The van der Waals surface area contributed by atoms with E-state index in [2.05, 4.69) is 5.10 Å². The standard InChI is InChI=1S/C21H17Cl2N3O6/c1-12-18(20(23)25(24-12)8-13-4-2-3-5-17(13)22)21(27)31-10-15-7-16(26(28)29)6-14-9-30-11-32-19(14)15/h2-7H,8-11H2,1H3. The van der Waals surface area contributed by atoms with Gasteiger partial charge in [0.2, 0.25) is 0 Å². The average Bonchev–Trinajstić information content (AvgIpc) is 3.06. The van der Waals surface area contributed by atoms with Gasteiger partial charge in [-0.3, -0.25) is 10.1 Å². The fourth-order valence-corrected chi connectivity index (χ4v) is 3.89. The first-order valence-electron chi connectivity index (χ1n) is 9.49. The smallest absolute Gasteiger partial charge is 0.343 e. The van der Waals surface area contributed by atoms with E-state index >= 15 is 0 Å². The summed E-state index contributed by atoms with van der Waals surface area (Å²) in [6.45, 7) is 1.84. The van der Waals surface area contributed by atoms with Gasteiger partial charge in [-0.1, -0.05) is 41.4 Å². The second kappa shape index (κ2) is 9.15. The molecular weight excluding hydrogens is 461 g/mol. The lowest BCUT2D eigenvalue weighted by atomic mass is 10.1. The molecule has 0 saturated heterocycles. The van der Waals surface area contributed by atoms with Crippen molar-refractivity contribution in [3.05, 3.63) is 84.6 Å². The molecule has 3 aromatic rings. The van der Waals surface area contributed by atoms with Gasteiger partial charge in [0.1, 0.15) is 23.1 Å². The molecule has 0 amide bonds. The molecule has 0 spiro atoms. The number of carbonyl (C=O) groups is 1. The first-order valence-corrected chi connectivity index (χ1v) is 10.2. The normalized spacial score (nSPS) is 12.7. The van der Waals surface area contributed by atoms with E-state index in [4.69, 9.17) is 37.4 Å². The fraction of sp³-hybridized carbons (Fsp3) is 0.238. The molecular formula is C21H17Cl2N3O6. The summed E-state index contributed by atoms with van der Waals surface area (Å²) in [5.41, 5.74) is 2.02. The second-order valence-electron chi connectivity index (χ2n) is 7.04. The first-order chi connectivity index (χ1) is 15.3.